The second kappa shape index (κ2) is 3.90. The molecule has 0 bridgehead atoms. The fraction of sp³-hybridized carbons (Fsp3) is 0.889. The molecule has 0 radical (unpaired) electrons. The average Bonchev–Trinajstić information content (AvgIpc) is 2.54. The normalized spacial score (nSPS) is 32.9. The van der Waals surface area contributed by atoms with Gasteiger partial charge in [-0.2, -0.15) is 0 Å². The number of nitrogens with zero attached hydrogens (tertiary/aromatic N) is 1. The van der Waals surface area contributed by atoms with Gasteiger partial charge in [0.1, 0.15) is 0 Å². The molecular weight excluding hydrogens is 232 g/mol. The van der Waals surface area contributed by atoms with Crippen molar-refractivity contribution in [3.05, 3.63) is 0 Å². The zero-order valence-electron chi connectivity index (χ0n) is 8.77. The van der Waals surface area contributed by atoms with Gasteiger partial charge in [0.15, 0.2) is 14.9 Å². The first-order valence-electron chi connectivity index (χ1n) is 5.31. The van der Waals surface area contributed by atoms with Crippen LogP contribution in [-0.4, -0.2) is 48.6 Å². The van der Waals surface area contributed by atoms with E-state index in [1.54, 1.807) is 0 Å². The lowest BCUT2D eigenvalue weighted by Gasteiger charge is -2.22. The van der Waals surface area contributed by atoms with E-state index in [4.69, 9.17) is 12.2 Å². The van der Waals surface area contributed by atoms with Gasteiger partial charge in [-0.1, -0.05) is 13.3 Å². The molecule has 0 aliphatic carbocycles. The van der Waals surface area contributed by atoms with E-state index in [1.807, 2.05) is 4.90 Å². The van der Waals surface area contributed by atoms with Gasteiger partial charge in [0, 0.05) is 6.54 Å². The molecule has 2 aliphatic heterocycles. The SMILES string of the molecule is CCCCN1C(=S)N[C@@H]2CS(=O)(=O)C[C@@H]21. The van der Waals surface area contributed by atoms with Gasteiger partial charge in [-0.05, 0) is 18.6 Å². The first kappa shape index (κ1) is 11.1. The summed E-state index contributed by atoms with van der Waals surface area (Å²) in [6, 6.07) is 0.105. The molecule has 2 rings (SSSR count). The first-order chi connectivity index (χ1) is 7.03. The quantitative estimate of drug-likeness (QED) is 0.720. The second-order valence-electron chi connectivity index (χ2n) is 4.25. The zero-order valence-corrected chi connectivity index (χ0v) is 10.4. The second-order valence-corrected chi connectivity index (χ2v) is 6.79. The molecule has 2 aliphatic rings. The Kier molecular flexibility index (Phi) is 2.89. The van der Waals surface area contributed by atoms with Gasteiger partial charge < -0.3 is 10.2 Å². The van der Waals surface area contributed by atoms with Crippen LogP contribution in [-0.2, 0) is 9.84 Å². The van der Waals surface area contributed by atoms with Crippen LogP contribution in [0.4, 0.5) is 0 Å². The van der Waals surface area contributed by atoms with Gasteiger partial charge in [0.25, 0.3) is 0 Å². The van der Waals surface area contributed by atoms with Gasteiger partial charge in [0.2, 0.25) is 0 Å². The van der Waals surface area contributed by atoms with Gasteiger partial charge >= 0.3 is 0 Å². The Labute approximate surface area is 95.9 Å². The van der Waals surface area contributed by atoms with E-state index < -0.39 is 9.84 Å². The number of thiocarbonyl (C=S) groups is 1. The highest BCUT2D eigenvalue weighted by molar-refractivity contribution is 7.91. The fourth-order valence-corrected chi connectivity index (χ4v) is 4.56. The summed E-state index contributed by atoms with van der Waals surface area (Å²) in [5, 5.41) is 3.84. The summed E-state index contributed by atoms with van der Waals surface area (Å²) in [6.07, 6.45) is 2.16. The third-order valence-corrected chi connectivity index (χ3v) is 5.11. The van der Waals surface area contributed by atoms with Crippen molar-refractivity contribution < 1.29 is 8.42 Å². The molecule has 1 N–H and O–H groups in total. The van der Waals surface area contributed by atoms with Gasteiger partial charge in [-0.3, -0.25) is 0 Å². The van der Waals surface area contributed by atoms with E-state index in [1.165, 1.54) is 0 Å². The number of unbranched alkanes of at least 4 members (excludes halogenated alkanes) is 1. The minimum absolute atomic E-state index is 0.0272. The molecule has 2 heterocycles. The van der Waals surface area contributed by atoms with Crippen molar-refractivity contribution in [3.63, 3.8) is 0 Å². The molecular formula is C9H16N2O2S2. The number of rotatable bonds is 3. The van der Waals surface area contributed by atoms with E-state index in [0.29, 0.717) is 0 Å². The van der Waals surface area contributed by atoms with Crippen LogP contribution in [0.2, 0.25) is 0 Å². The monoisotopic (exact) mass is 248 g/mol. The molecule has 0 aromatic heterocycles. The molecule has 0 aromatic rings. The summed E-state index contributed by atoms with van der Waals surface area (Å²) in [6.45, 7) is 2.99. The van der Waals surface area contributed by atoms with Crippen molar-refractivity contribution >= 4 is 27.2 Å². The number of hydrogen-bond donors (Lipinski definition) is 1. The molecule has 0 unspecified atom stereocenters. The minimum atomic E-state index is -2.85. The molecule has 0 amide bonds. The van der Waals surface area contributed by atoms with E-state index in [2.05, 4.69) is 12.2 Å². The van der Waals surface area contributed by atoms with E-state index in [0.717, 1.165) is 24.5 Å². The Morgan fingerprint density at radius 3 is 2.93 bits per heavy atom. The summed E-state index contributed by atoms with van der Waals surface area (Å²) >= 11 is 5.20. The Morgan fingerprint density at radius 1 is 1.53 bits per heavy atom. The molecule has 0 aromatic carbocycles. The van der Waals surface area contributed by atoms with Crippen LogP contribution in [0.25, 0.3) is 0 Å². The van der Waals surface area contributed by atoms with E-state index in [9.17, 15) is 8.42 Å². The lowest BCUT2D eigenvalue weighted by molar-refractivity contribution is 0.349. The smallest absolute Gasteiger partial charge is 0.169 e. The molecule has 0 spiro atoms. The summed E-state index contributed by atoms with van der Waals surface area (Å²) in [7, 11) is -2.85. The third-order valence-electron chi connectivity index (χ3n) is 3.05. The molecule has 0 saturated carbocycles. The Bertz CT molecular complexity index is 366. The third kappa shape index (κ3) is 2.10. The van der Waals surface area contributed by atoms with Crippen molar-refractivity contribution in [1.29, 1.82) is 0 Å². The van der Waals surface area contributed by atoms with Crippen LogP contribution in [0.1, 0.15) is 19.8 Å². The molecule has 2 atom stereocenters. The van der Waals surface area contributed by atoms with Crippen molar-refractivity contribution in [1.82, 2.24) is 10.2 Å². The highest BCUT2D eigenvalue weighted by atomic mass is 32.2. The maximum atomic E-state index is 11.5. The van der Waals surface area contributed by atoms with Crippen LogP contribution in [0, 0.1) is 0 Å². The van der Waals surface area contributed by atoms with Gasteiger partial charge in [-0.25, -0.2) is 8.42 Å². The largest absolute Gasteiger partial charge is 0.357 e. The molecule has 15 heavy (non-hydrogen) atoms. The van der Waals surface area contributed by atoms with Gasteiger partial charge in [-0.15, -0.1) is 0 Å². The summed E-state index contributed by atoms with van der Waals surface area (Å²) in [5.74, 6) is 0.495. The van der Waals surface area contributed by atoms with Crippen molar-refractivity contribution in [2.24, 2.45) is 0 Å². The van der Waals surface area contributed by atoms with Crippen LogP contribution in [0.3, 0.4) is 0 Å². The lowest BCUT2D eigenvalue weighted by Crippen LogP contribution is -2.37. The molecule has 6 heteroatoms. The predicted octanol–water partition coefficient (Wildman–Crippen LogP) is 0.142. The van der Waals surface area contributed by atoms with Crippen LogP contribution in [0.15, 0.2) is 0 Å². The van der Waals surface area contributed by atoms with E-state index >= 15 is 0 Å². The topological polar surface area (TPSA) is 49.4 Å². The number of hydrogen-bond acceptors (Lipinski definition) is 3. The Balaban J connectivity index is 2.09. The summed E-state index contributed by atoms with van der Waals surface area (Å²) in [4.78, 5) is 2.05. The summed E-state index contributed by atoms with van der Waals surface area (Å²) < 4.78 is 22.9. The maximum absolute atomic E-state index is 11.5. The molecule has 2 saturated heterocycles. The van der Waals surface area contributed by atoms with Gasteiger partial charge in [0.05, 0.1) is 23.6 Å². The van der Waals surface area contributed by atoms with Crippen LogP contribution >= 0.6 is 12.2 Å². The zero-order chi connectivity index (χ0) is 11.1. The standard InChI is InChI=1S/C9H16N2O2S2/c1-2-3-4-11-8-6-15(12,13)5-7(8)10-9(11)14/h7-8H,2-6H2,1H3,(H,10,14)/t7-,8+/m1/s1. The molecule has 2 fully saturated rings. The Morgan fingerprint density at radius 2 is 2.27 bits per heavy atom. The number of fused-ring (bicyclic) bond motifs is 1. The highest BCUT2D eigenvalue weighted by Crippen LogP contribution is 2.24. The van der Waals surface area contributed by atoms with E-state index in [-0.39, 0.29) is 23.6 Å². The molecule has 4 nitrogen and oxygen atoms in total. The van der Waals surface area contributed by atoms with Crippen LogP contribution < -0.4 is 5.32 Å². The first-order valence-corrected chi connectivity index (χ1v) is 7.54. The number of nitrogens with one attached hydrogen (secondary N) is 1. The lowest BCUT2D eigenvalue weighted by atomic mass is 10.2. The Hall–Kier alpha value is -0.360. The minimum Gasteiger partial charge on any atom is -0.357 e. The summed E-state index contributed by atoms with van der Waals surface area (Å²) in [5.41, 5.74) is 0. The van der Waals surface area contributed by atoms with Crippen molar-refractivity contribution in [2.75, 3.05) is 18.1 Å². The predicted molar refractivity (Wildman–Crippen MR) is 63.6 cm³/mol. The average molecular weight is 248 g/mol. The van der Waals surface area contributed by atoms with Crippen molar-refractivity contribution in [3.8, 4) is 0 Å². The number of sulfone groups is 1. The van der Waals surface area contributed by atoms with Crippen LogP contribution in [0.5, 0.6) is 0 Å². The molecule has 86 valence electrons. The fourth-order valence-electron chi connectivity index (χ4n) is 2.26. The highest BCUT2D eigenvalue weighted by Gasteiger charge is 2.46. The maximum Gasteiger partial charge on any atom is 0.169 e. The van der Waals surface area contributed by atoms with Crippen molar-refractivity contribution in [2.45, 2.75) is 31.8 Å².